The fraction of sp³-hybridized carbons (Fsp3) is 0.455. The van der Waals surface area contributed by atoms with E-state index in [1.54, 1.807) is 23.1 Å². The molecule has 0 bridgehead atoms. The van der Waals surface area contributed by atoms with Crippen molar-refractivity contribution in [1.82, 2.24) is 15.1 Å². The largest absolute Gasteiger partial charge is 0.375 e. The van der Waals surface area contributed by atoms with Gasteiger partial charge in [0.15, 0.2) is 0 Å². The number of carbonyl (C=O) groups excluding carboxylic acids is 1. The van der Waals surface area contributed by atoms with Crippen molar-refractivity contribution in [3.05, 3.63) is 30.6 Å². The van der Waals surface area contributed by atoms with Gasteiger partial charge in [-0.05, 0) is 13.0 Å². The molecule has 1 heterocycles. The molecule has 0 spiro atoms. The predicted octanol–water partition coefficient (Wildman–Crippen LogP) is 0.592. The van der Waals surface area contributed by atoms with Crippen molar-refractivity contribution in [2.45, 2.75) is 13.5 Å². The second kappa shape index (κ2) is 6.79. The van der Waals surface area contributed by atoms with Crippen LogP contribution in [0.25, 0.3) is 0 Å². The van der Waals surface area contributed by atoms with Gasteiger partial charge in [0.2, 0.25) is 5.91 Å². The van der Waals surface area contributed by atoms with Gasteiger partial charge in [0.25, 0.3) is 0 Å². The van der Waals surface area contributed by atoms with Crippen molar-refractivity contribution < 1.29 is 9.53 Å². The van der Waals surface area contributed by atoms with E-state index in [1.807, 2.05) is 6.92 Å². The third-order valence-electron chi connectivity index (χ3n) is 1.78. The first-order chi connectivity index (χ1) is 7.68. The van der Waals surface area contributed by atoms with E-state index in [1.165, 1.54) is 0 Å². The van der Waals surface area contributed by atoms with Gasteiger partial charge in [-0.15, -0.1) is 0 Å². The summed E-state index contributed by atoms with van der Waals surface area (Å²) in [6.07, 6.45) is 3.39. The summed E-state index contributed by atoms with van der Waals surface area (Å²) in [5.41, 5.74) is 0.975. The van der Waals surface area contributed by atoms with E-state index in [9.17, 15) is 4.79 Å². The molecule has 1 rings (SSSR count). The lowest BCUT2D eigenvalue weighted by Crippen LogP contribution is -2.30. The Balaban J connectivity index is 2.05. The average molecular weight is 223 g/mol. The summed E-state index contributed by atoms with van der Waals surface area (Å²) in [5, 5.41) is 6.68. The fourth-order valence-electron chi connectivity index (χ4n) is 1.11. The van der Waals surface area contributed by atoms with Crippen LogP contribution in [0.4, 0.5) is 0 Å². The van der Waals surface area contributed by atoms with Crippen LogP contribution in [-0.2, 0) is 16.1 Å². The maximum absolute atomic E-state index is 11.4. The van der Waals surface area contributed by atoms with Gasteiger partial charge in [0, 0.05) is 18.9 Å². The van der Waals surface area contributed by atoms with Crippen LogP contribution < -0.4 is 5.32 Å². The third-order valence-corrected chi connectivity index (χ3v) is 1.78. The summed E-state index contributed by atoms with van der Waals surface area (Å²) in [6, 6.07) is 1.78. The minimum absolute atomic E-state index is 0.0670. The summed E-state index contributed by atoms with van der Waals surface area (Å²) in [4.78, 5) is 11.4. The molecule has 0 saturated carbocycles. The Hall–Kier alpha value is -1.62. The van der Waals surface area contributed by atoms with Gasteiger partial charge in [-0.2, -0.15) is 5.10 Å². The number of ether oxygens (including phenoxy) is 1. The molecule has 5 nitrogen and oxygen atoms in total. The zero-order chi connectivity index (χ0) is 11.8. The van der Waals surface area contributed by atoms with Crippen LogP contribution in [0, 0.1) is 0 Å². The monoisotopic (exact) mass is 223 g/mol. The second-order valence-electron chi connectivity index (χ2n) is 3.56. The topological polar surface area (TPSA) is 56.1 Å². The molecule has 0 aromatic carbocycles. The van der Waals surface area contributed by atoms with Crippen molar-refractivity contribution in [1.29, 1.82) is 0 Å². The van der Waals surface area contributed by atoms with E-state index in [4.69, 9.17) is 4.74 Å². The number of nitrogens with zero attached hydrogens (tertiary/aromatic N) is 2. The van der Waals surface area contributed by atoms with Crippen molar-refractivity contribution >= 4 is 5.91 Å². The molecule has 0 fully saturated rings. The Bertz CT molecular complexity index is 333. The third kappa shape index (κ3) is 5.31. The zero-order valence-corrected chi connectivity index (χ0v) is 9.48. The van der Waals surface area contributed by atoms with Gasteiger partial charge < -0.3 is 10.1 Å². The van der Waals surface area contributed by atoms with Gasteiger partial charge in [0.1, 0.15) is 6.54 Å². The molecule has 1 amide bonds. The standard InChI is InChI=1S/C11H17N3O2/c1-10(2)9-16-7-5-12-11(15)8-14-6-3-4-13-14/h3-4,6H,1,5,7-9H2,2H3,(H,12,15). The summed E-state index contributed by atoms with van der Waals surface area (Å²) in [5.74, 6) is -0.0670. The quantitative estimate of drug-likeness (QED) is 0.544. The Morgan fingerprint density at radius 2 is 2.44 bits per heavy atom. The van der Waals surface area contributed by atoms with Crippen LogP contribution >= 0.6 is 0 Å². The summed E-state index contributed by atoms with van der Waals surface area (Å²) in [6.45, 7) is 7.40. The van der Waals surface area contributed by atoms with Gasteiger partial charge in [-0.3, -0.25) is 9.48 Å². The van der Waals surface area contributed by atoms with Crippen LogP contribution in [0.15, 0.2) is 30.6 Å². The number of aromatic nitrogens is 2. The van der Waals surface area contributed by atoms with Crippen molar-refractivity contribution in [3.63, 3.8) is 0 Å². The predicted molar refractivity (Wildman–Crippen MR) is 60.9 cm³/mol. The van der Waals surface area contributed by atoms with E-state index in [-0.39, 0.29) is 12.5 Å². The molecule has 0 unspecified atom stereocenters. The maximum atomic E-state index is 11.4. The highest BCUT2D eigenvalue weighted by Gasteiger charge is 2.01. The maximum Gasteiger partial charge on any atom is 0.241 e. The van der Waals surface area contributed by atoms with Gasteiger partial charge in [-0.25, -0.2) is 0 Å². The number of hydrogen-bond donors (Lipinski definition) is 1. The Morgan fingerprint density at radius 1 is 1.62 bits per heavy atom. The van der Waals surface area contributed by atoms with E-state index < -0.39 is 0 Å². The number of carbonyl (C=O) groups is 1. The van der Waals surface area contributed by atoms with Crippen molar-refractivity contribution in [2.24, 2.45) is 0 Å². The van der Waals surface area contributed by atoms with E-state index >= 15 is 0 Å². The van der Waals surface area contributed by atoms with E-state index in [0.29, 0.717) is 19.8 Å². The molecule has 1 aromatic heterocycles. The van der Waals surface area contributed by atoms with Gasteiger partial charge in [-0.1, -0.05) is 12.2 Å². The normalized spacial score (nSPS) is 10.1. The lowest BCUT2D eigenvalue weighted by Gasteiger charge is -2.06. The van der Waals surface area contributed by atoms with Crippen molar-refractivity contribution in [3.8, 4) is 0 Å². The number of amides is 1. The molecule has 88 valence electrons. The molecule has 0 saturated heterocycles. The molecular weight excluding hydrogens is 206 g/mol. The molecule has 0 atom stereocenters. The molecule has 0 aliphatic rings. The SMILES string of the molecule is C=C(C)COCCNC(=O)Cn1cccn1. The molecular formula is C11H17N3O2. The molecule has 5 heteroatoms. The van der Waals surface area contributed by atoms with Crippen molar-refractivity contribution in [2.75, 3.05) is 19.8 Å². The average Bonchev–Trinajstić information content (AvgIpc) is 2.69. The molecule has 16 heavy (non-hydrogen) atoms. The minimum atomic E-state index is -0.0670. The van der Waals surface area contributed by atoms with Crippen LogP contribution in [0.3, 0.4) is 0 Å². The van der Waals surface area contributed by atoms with Crippen LogP contribution in [0.5, 0.6) is 0 Å². The highest BCUT2D eigenvalue weighted by molar-refractivity contribution is 5.75. The number of rotatable bonds is 7. The lowest BCUT2D eigenvalue weighted by molar-refractivity contribution is -0.122. The second-order valence-corrected chi connectivity index (χ2v) is 3.56. The van der Waals surface area contributed by atoms with Gasteiger partial charge >= 0.3 is 0 Å². The molecule has 0 aliphatic heterocycles. The highest BCUT2D eigenvalue weighted by atomic mass is 16.5. The molecule has 1 aromatic rings. The lowest BCUT2D eigenvalue weighted by atomic mass is 10.4. The molecule has 0 aliphatic carbocycles. The fourth-order valence-corrected chi connectivity index (χ4v) is 1.11. The Labute approximate surface area is 95.1 Å². The summed E-state index contributed by atoms with van der Waals surface area (Å²) < 4.78 is 6.82. The van der Waals surface area contributed by atoms with Crippen LogP contribution in [0.2, 0.25) is 0 Å². The summed E-state index contributed by atoms with van der Waals surface area (Å²) >= 11 is 0. The van der Waals surface area contributed by atoms with Gasteiger partial charge in [0.05, 0.1) is 13.2 Å². The zero-order valence-electron chi connectivity index (χ0n) is 9.48. The molecule has 1 N–H and O–H groups in total. The minimum Gasteiger partial charge on any atom is -0.375 e. The first-order valence-corrected chi connectivity index (χ1v) is 5.14. The smallest absolute Gasteiger partial charge is 0.241 e. The highest BCUT2D eigenvalue weighted by Crippen LogP contribution is 1.87. The van der Waals surface area contributed by atoms with Crippen LogP contribution in [-0.4, -0.2) is 35.4 Å². The molecule has 0 radical (unpaired) electrons. The van der Waals surface area contributed by atoms with E-state index in [0.717, 1.165) is 5.57 Å². The number of nitrogens with one attached hydrogen (secondary N) is 1. The summed E-state index contributed by atoms with van der Waals surface area (Å²) in [7, 11) is 0. The Morgan fingerprint density at radius 3 is 3.06 bits per heavy atom. The van der Waals surface area contributed by atoms with Crippen LogP contribution in [0.1, 0.15) is 6.92 Å². The first-order valence-electron chi connectivity index (χ1n) is 5.14. The number of hydrogen-bond acceptors (Lipinski definition) is 3. The first kappa shape index (κ1) is 12.4. The Kier molecular flexibility index (Phi) is 5.28. The van der Waals surface area contributed by atoms with E-state index in [2.05, 4.69) is 17.0 Å².